The molecule has 1 fully saturated rings. The van der Waals surface area contributed by atoms with Crippen molar-refractivity contribution in [3.63, 3.8) is 0 Å². The molecule has 1 heterocycles. The predicted octanol–water partition coefficient (Wildman–Crippen LogP) is -1.63. The van der Waals surface area contributed by atoms with Gasteiger partial charge in [-0.15, -0.1) is 0 Å². The minimum absolute atomic E-state index is 0.0369. The van der Waals surface area contributed by atoms with Gasteiger partial charge in [-0.1, -0.05) is 0 Å². The number of amides is 1. The Morgan fingerprint density at radius 1 is 1.71 bits per heavy atom. The van der Waals surface area contributed by atoms with Gasteiger partial charge >= 0.3 is 0 Å². The van der Waals surface area contributed by atoms with Crippen LogP contribution < -0.4 is 16.4 Å². The molecule has 4 N–H and O–H groups in total. The molecule has 0 aliphatic carbocycles. The Kier molecular flexibility index (Phi) is 6.43. The first-order valence-electron chi connectivity index (χ1n) is 6.10. The predicted molar refractivity (Wildman–Crippen MR) is 66.8 cm³/mol. The Balaban J connectivity index is 2.33. The summed E-state index contributed by atoms with van der Waals surface area (Å²) in [5, 5.41) is 6.18. The fourth-order valence-corrected chi connectivity index (χ4v) is 2.04. The molecule has 6 nitrogen and oxygen atoms in total. The summed E-state index contributed by atoms with van der Waals surface area (Å²) in [7, 11) is 1.63. The lowest BCUT2D eigenvalue weighted by atomic mass is 10.2. The van der Waals surface area contributed by atoms with E-state index in [1.807, 2.05) is 6.92 Å². The van der Waals surface area contributed by atoms with Gasteiger partial charge in [0.05, 0.1) is 13.2 Å². The van der Waals surface area contributed by atoms with Gasteiger partial charge < -0.3 is 21.1 Å². The molecule has 0 aromatic heterocycles. The number of nitrogens with one attached hydrogen (secondary N) is 2. The van der Waals surface area contributed by atoms with Gasteiger partial charge in [-0.05, 0) is 6.92 Å². The van der Waals surface area contributed by atoms with Crippen LogP contribution in [-0.2, 0) is 9.53 Å². The summed E-state index contributed by atoms with van der Waals surface area (Å²) in [6.07, 6.45) is 0. The number of nitrogens with two attached hydrogens (primary N) is 1. The summed E-state index contributed by atoms with van der Waals surface area (Å²) >= 11 is 0. The molecule has 0 aromatic carbocycles. The van der Waals surface area contributed by atoms with E-state index in [0.717, 1.165) is 19.6 Å². The highest BCUT2D eigenvalue weighted by molar-refractivity contribution is 5.78. The van der Waals surface area contributed by atoms with Crippen LogP contribution in [0.4, 0.5) is 0 Å². The van der Waals surface area contributed by atoms with Gasteiger partial charge in [0.25, 0.3) is 0 Å². The normalized spacial score (nSPS) is 23.4. The lowest BCUT2D eigenvalue weighted by molar-refractivity contribution is -0.123. The van der Waals surface area contributed by atoms with Crippen LogP contribution in [0.1, 0.15) is 6.92 Å². The van der Waals surface area contributed by atoms with Gasteiger partial charge in [-0.3, -0.25) is 9.69 Å². The van der Waals surface area contributed by atoms with E-state index >= 15 is 0 Å². The first-order valence-corrected chi connectivity index (χ1v) is 6.10. The van der Waals surface area contributed by atoms with Crippen LogP contribution in [0.3, 0.4) is 0 Å². The highest BCUT2D eigenvalue weighted by Crippen LogP contribution is 2.01. The Hall–Kier alpha value is -0.690. The standard InChI is InChI=1S/C11H24N4O2/c1-9(8-17-2)14-11(16)7-15-4-3-13-6-10(15)5-12/h9-10,13H,3-8,12H2,1-2H3,(H,14,16). The van der Waals surface area contributed by atoms with E-state index in [4.69, 9.17) is 10.5 Å². The molecule has 17 heavy (non-hydrogen) atoms. The summed E-state index contributed by atoms with van der Waals surface area (Å²) in [5.41, 5.74) is 5.68. The molecule has 1 aliphatic heterocycles. The molecule has 100 valence electrons. The van der Waals surface area contributed by atoms with Crippen molar-refractivity contribution in [2.75, 3.05) is 46.4 Å². The Morgan fingerprint density at radius 3 is 3.12 bits per heavy atom. The van der Waals surface area contributed by atoms with Gasteiger partial charge in [0.15, 0.2) is 0 Å². The molecular weight excluding hydrogens is 220 g/mol. The molecule has 1 saturated heterocycles. The Labute approximate surface area is 103 Å². The monoisotopic (exact) mass is 244 g/mol. The van der Waals surface area contributed by atoms with Crippen LogP contribution in [0, 0.1) is 0 Å². The molecule has 1 aliphatic rings. The highest BCUT2D eigenvalue weighted by atomic mass is 16.5. The van der Waals surface area contributed by atoms with Crippen LogP contribution in [-0.4, -0.2) is 69.3 Å². The van der Waals surface area contributed by atoms with Crippen LogP contribution in [0.25, 0.3) is 0 Å². The van der Waals surface area contributed by atoms with Crippen LogP contribution in [0.15, 0.2) is 0 Å². The van der Waals surface area contributed by atoms with Crippen LogP contribution >= 0.6 is 0 Å². The first-order chi connectivity index (χ1) is 8.17. The lowest BCUT2D eigenvalue weighted by Gasteiger charge is -2.35. The van der Waals surface area contributed by atoms with Gasteiger partial charge in [0.2, 0.25) is 5.91 Å². The average Bonchev–Trinajstić information content (AvgIpc) is 2.29. The molecule has 0 spiro atoms. The van der Waals surface area contributed by atoms with Crippen molar-refractivity contribution in [1.82, 2.24) is 15.5 Å². The molecule has 0 saturated carbocycles. The van der Waals surface area contributed by atoms with Crippen LogP contribution in [0.2, 0.25) is 0 Å². The first kappa shape index (κ1) is 14.4. The van der Waals surface area contributed by atoms with E-state index in [0.29, 0.717) is 19.7 Å². The largest absolute Gasteiger partial charge is 0.383 e. The molecule has 6 heteroatoms. The summed E-state index contributed by atoms with van der Waals surface area (Å²) in [4.78, 5) is 13.9. The molecule has 2 unspecified atom stereocenters. The Bertz CT molecular complexity index is 238. The van der Waals surface area contributed by atoms with Gasteiger partial charge in [-0.25, -0.2) is 0 Å². The molecule has 0 aromatic rings. The number of piperazine rings is 1. The minimum atomic E-state index is 0.0369. The second-order valence-electron chi connectivity index (χ2n) is 4.49. The maximum atomic E-state index is 11.8. The fourth-order valence-electron chi connectivity index (χ4n) is 2.04. The number of carbonyl (C=O) groups excluding carboxylic acids is 1. The van der Waals surface area contributed by atoms with E-state index in [-0.39, 0.29) is 18.0 Å². The number of carbonyl (C=O) groups is 1. The van der Waals surface area contributed by atoms with Gasteiger partial charge in [0.1, 0.15) is 0 Å². The summed E-state index contributed by atoms with van der Waals surface area (Å²) in [6, 6.07) is 0.305. The van der Waals surface area contributed by atoms with Crippen molar-refractivity contribution in [1.29, 1.82) is 0 Å². The second kappa shape index (κ2) is 7.60. The molecule has 0 bridgehead atoms. The number of methoxy groups -OCH3 is 1. The molecular formula is C11H24N4O2. The zero-order valence-electron chi connectivity index (χ0n) is 10.7. The maximum absolute atomic E-state index is 11.8. The van der Waals surface area contributed by atoms with Crippen molar-refractivity contribution in [3.05, 3.63) is 0 Å². The highest BCUT2D eigenvalue weighted by Gasteiger charge is 2.23. The smallest absolute Gasteiger partial charge is 0.234 e. The summed E-state index contributed by atoms with van der Waals surface area (Å²) in [6.45, 7) is 6.10. The van der Waals surface area contributed by atoms with Crippen LogP contribution in [0.5, 0.6) is 0 Å². The molecule has 0 radical (unpaired) electrons. The van der Waals surface area contributed by atoms with Crippen molar-refractivity contribution >= 4 is 5.91 Å². The van der Waals surface area contributed by atoms with Crippen molar-refractivity contribution in [3.8, 4) is 0 Å². The quantitative estimate of drug-likeness (QED) is 0.523. The number of nitrogens with zero attached hydrogens (tertiary/aromatic N) is 1. The SMILES string of the molecule is COCC(C)NC(=O)CN1CCNCC1CN. The van der Waals surface area contributed by atoms with E-state index < -0.39 is 0 Å². The zero-order chi connectivity index (χ0) is 12.7. The number of hydrogen-bond acceptors (Lipinski definition) is 5. The molecule has 2 atom stereocenters. The lowest BCUT2D eigenvalue weighted by Crippen LogP contribution is -2.57. The van der Waals surface area contributed by atoms with Crippen molar-refractivity contribution < 1.29 is 9.53 Å². The van der Waals surface area contributed by atoms with Crippen molar-refractivity contribution in [2.45, 2.75) is 19.0 Å². The minimum Gasteiger partial charge on any atom is -0.383 e. The van der Waals surface area contributed by atoms with E-state index in [2.05, 4.69) is 15.5 Å². The topological polar surface area (TPSA) is 79.6 Å². The third-order valence-corrected chi connectivity index (χ3v) is 2.91. The number of rotatable bonds is 6. The van der Waals surface area contributed by atoms with E-state index in [1.54, 1.807) is 7.11 Å². The fraction of sp³-hybridized carbons (Fsp3) is 0.909. The van der Waals surface area contributed by atoms with E-state index in [9.17, 15) is 4.79 Å². The number of ether oxygens (including phenoxy) is 1. The summed E-state index contributed by atoms with van der Waals surface area (Å²) < 4.78 is 4.98. The third kappa shape index (κ3) is 4.99. The van der Waals surface area contributed by atoms with Gasteiger partial charge in [-0.2, -0.15) is 0 Å². The number of hydrogen-bond donors (Lipinski definition) is 3. The van der Waals surface area contributed by atoms with E-state index in [1.165, 1.54) is 0 Å². The van der Waals surface area contributed by atoms with Crippen molar-refractivity contribution in [2.24, 2.45) is 5.73 Å². The molecule has 1 amide bonds. The van der Waals surface area contributed by atoms with Gasteiger partial charge in [0, 0.05) is 45.4 Å². The Morgan fingerprint density at radius 2 is 2.47 bits per heavy atom. The zero-order valence-corrected chi connectivity index (χ0v) is 10.7. The summed E-state index contributed by atoms with van der Waals surface area (Å²) in [5.74, 6) is 0.0369. The average molecular weight is 244 g/mol. The molecule has 1 rings (SSSR count). The second-order valence-corrected chi connectivity index (χ2v) is 4.49. The maximum Gasteiger partial charge on any atom is 0.234 e. The third-order valence-electron chi connectivity index (χ3n) is 2.91.